The molecule has 1 aliphatic rings. The Bertz CT molecular complexity index is 1400. The lowest BCUT2D eigenvalue weighted by atomic mass is 9.74. The Hall–Kier alpha value is -2.62. The second kappa shape index (κ2) is 5.50. The zero-order valence-electron chi connectivity index (χ0n) is 17.2. The Labute approximate surface area is 170 Å². The van der Waals surface area contributed by atoms with E-state index in [1.54, 1.807) is 0 Å². The third kappa shape index (κ3) is 2.20. The van der Waals surface area contributed by atoms with Crippen LogP contribution >= 0.6 is 0 Å². The van der Waals surface area contributed by atoms with Gasteiger partial charge in [-0.15, -0.1) is 0 Å². The monoisotopic (exact) mass is 378 g/mol. The first-order valence-electron chi connectivity index (χ1n) is 10.3. The van der Waals surface area contributed by atoms with Gasteiger partial charge < -0.3 is 9.31 Å². The van der Waals surface area contributed by atoms with E-state index in [1.807, 2.05) is 0 Å². The van der Waals surface area contributed by atoms with Gasteiger partial charge in [-0.25, -0.2) is 0 Å². The molecular weight excluding hydrogens is 355 g/mol. The van der Waals surface area contributed by atoms with Gasteiger partial charge in [0.15, 0.2) is 0 Å². The molecule has 5 aromatic carbocycles. The standard InChI is InChI=1S/C26H23BO2/c1-25(2)26(3,4)29-27(28-25)22-15-14-20-18-10-6-5-9-17(18)19-11-7-8-16-12-13-21(22)24(20)23(16)19/h5-15H,1-4H3. The van der Waals surface area contributed by atoms with Crippen LogP contribution in [0.5, 0.6) is 0 Å². The molecule has 1 fully saturated rings. The second-order valence-corrected chi connectivity index (χ2v) is 9.23. The van der Waals surface area contributed by atoms with Crippen LogP contribution < -0.4 is 5.46 Å². The zero-order valence-corrected chi connectivity index (χ0v) is 17.2. The average Bonchev–Trinajstić information content (AvgIpc) is 2.93. The van der Waals surface area contributed by atoms with Crippen LogP contribution in [0.25, 0.3) is 43.1 Å². The fourth-order valence-electron chi connectivity index (χ4n) is 4.82. The van der Waals surface area contributed by atoms with Gasteiger partial charge in [0, 0.05) is 0 Å². The SMILES string of the molecule is CC1(C)OB(c2ccc3c4ccccc4c4cccc5ccc2c3c54)OC1(C)C. The van der Waals surface area contributed by atoms with E-state index >= 15 is 0 Å². The van der Waals surface area contributed by atoms with E-state index in [4.69, 9.17) is 9.31 Å². The van der Waals surface area contributed by atoms with Crippen molar-refractivity contribution >= 4 is 55.7 Å². The van der Waals surface area contributed by atoms with Crippen molar-refractivity contribution in [2.75, 3.05) is 0 Å². The molecule has 0 amide bonds. The van der Waals surface area contributed by atoms with E-state index in [-0.39, 0.29) is 18.3 Å². The molecule has 1 saturated heterocycles. The van der Waals surface area contributed by atoms with E-state index in [0.29, 0.717) is 0 Å². The van der Waals surface area contributed by atoms with Crippen molar-refractivity contribution in [2.24, 2.45) is 0 Å². The number of benzene rings is 5. The van der Waals surface area contributed by atoms with E-state index in [1.165, 1.54) is 43.1 Å². The highest BCUT2D eigenvalue weighted by atomic mass is 16.7. The lowest BCUT2D eigenvalue weighted by Crippen LogP contribution is -2.41. The van der Waals surface area contributed by atoms with Crippen LogP contribution in [0.4, 0.5) is 0 Å². The summed E-state index contributed by atoms with van der Waals surface area (Å²) in [6.45, 7) is 8.43. The van der Waals surface area contributed by atoms with Crippen molar-refractivity contribution in [1.82, 2.24) is 0 Å². The molecule has 2 nitrogen and oxygen atoms in total. The minimum Gasteiger partial charge on any atom is -0.399 e. The quantitative estimate of drug-likeness (QED) is 0.201. The third-order valence-corrected chi connectivity index (χ3v) is 7.07. The van der Waals surface area contributed by atoms with Crippen LogP contribution in [0.3, 0.4) is 0 Å². The Kier molecular flexibility index (Phi) is 3.27. The molecule has 29 heavy (non-hydrogen) atoms. The summed E-state index contributed by atoms with van der Waals surface area (Å²) in [5.41, 5.74) is 0.404. The Morgan fingerprint density at radius 2 is 1.14 bits per heavy atom. The number of fused-ring (bicyclic) bond motifs is 3. The van der Waals surface area contributed by atoms with Crippen molar-refractivity contribution in [3.63, 3.8) is 0 Å². The predicted octanol–water partition coefficient (Wildman–Crippen LogP) is 6.04. The molecule has 3 heteroatoms. The molecule has 0 aliphatic carbocycles. The Morgan fingerprint density at radius 1 is 0.552 bits per heavy atom. The highest BCUT2D eigenvalue weighted by Crippen LogP contribution is 2.41. The van der Waals surface area contributed by atoms with E-state index < -0.39 is 0 Å². The molecule has 0 unspecified atom stereocenters. The molecular formula is C26H23BO2. The third-order valence-electron chi connectivity index (χ3n) is 7.07. The van der Waals surface area contributed by atoms with Crippen LogP contribution in [0, 0.1) is 0 Å². The molecule has 0 aromatic heterocycles. The Morgan fingerprint density at radius 3 is 1.83 bits per heavy atom. The minimum atomic E-state index is -0.365. The van der Waals surface area contributed by atoms with Gasteiger partial charge in [0.2, 0.25) is 0 Å². The smallest absolute Gasteiger partial charge is 0.399 e. The van der Waals surface area contributed by atoms with Crippen molar-refractivity contribution in [1.29, 1.82) is 0 Å². The molecule has 142 valence electrons. The molecule has 0 saturated carbocycles. The van der Waals surface area contributed by atoms with E-state index in [0.717, 1.165) is 5.46 Å². The molecule has 1 heterocycles. The molecule has 5 aromatic rings. The summed E-state index contributed by atoms with van der Waals surface area (Å²) in [7, 11) is -0.365. The lowest BCUT2D eigenvalue weighted by molar-refractivity contribution is 0.00578. The summed E-state index contributed by atoms with van der Waals surface area (Å²) in [6.07, 6.45) is 0. The topological polar surface area (TPSA) is 18.5 Å². The van der Waals surface area contributed by atoms with Crippen molar-refractivity contribution in [2.45, 2.75) is 38.9 Å². The Balaban J connectivity index is 1.74. The first-order chi connectivity index (χ1) is 13.9. The maximum Gasteiger partial charge on any atom is 0.495 e. The number of hydrogen-bond acceptors (Lipinski definition) is 2. The summed E-state index contributed by atoms with van der Waals surface area (Å²) in [5.74, 6) is 0. The number of hydrogen-bond donors (Lipinski definition) is 0. The minimum absolute atomic E-state index is 0.353. The van der Waals surface area contributed by atoms with Crippen LogP contribution in [0.15, 0.2) is 66.7 Å². The lowest BCUT2D eigenvalue weighted by Gasteiger charge is -2.32. The summed E-state index contributed by atoms with van der Waals surface area (Å²) < 4.78 is 12.8. The summed E-state index contributed by atoms with van der Waals surface area (Å²) in [4.78, 5) is 0. The van der Waals surface area contributed by atoms with Crippen LogP contribution in [-0.4, -0.2) is 18.3 Å². The van der Waals surface area contributed by atoms with Gasteiger partial charge in [-0.05, 0) is 76.2 Å². The first kappa shape index (κ1) is 17.3. The molecule has 0 N–H and O–H groups in total. The normalized spacial score (nSPS) is 18.6. The molecule has 1 aliphatic heterocycles. The molecule has 0 radical (unpaired) electrons. The molecule has 0 atom stereocenters. The fourth-order valence-corrected chi connectivity index (χ4v) is 4.82. The first-order valence-corrected chi connectivity index (χ1v) is 10.3. The van der Waals surface area contributed by atoms with Crippen LogP contribution in [0.2, 0.25) is 0 Å². The highest BCUT2D eigenvalue weighted by Gasteiger charge is 2.52. The van der Waals surface area contributed by atoms with Gasteiger partial charge in [-0.3, -0.25) is 0 Å². The van der Waals surface area contributed by atoms with Crippen molar-refractivity contribution in [3.8, 4) is 0 Å². The van der Waals surface area contributed by atoms with Gasteiger partial charge in [-0.2, -0.15) is 0 Å². The van der Waals surface area contributed by atoms with Crippen LogP contribution in [-0.2, 0) is 9.31 Å². The number of rotatable bonds is 1. The van der Waals surface area contributed by atoms with Gasteiger partial charge in [0.1, 0.15) is 0 Å². The van der Waals surface area contributed by atoms with Crippen molar-refractivity contribution in [3.05, 3.63) is 66.7 Å². The predicted molar refractivity (Wildman–Crippen MR) is 123 cm³/mol. The fraction of sp³-hybridized carbons (Fsp3) is 0.231. The maximum atomic E-state index is 6.41. The van der Waals surface area contributed by atoms with Crippen molar-refractivity contribution < 1.29 is 9.31 Å². The van der Waals surface area contributed by atoms with Gasteiger partial charge in [-0.1, -0.05) is 66.7 Å². The summed E-state index contributed by atoms with van der Waals surface area (Å²) in [5, 5.41) is 10.3. The van der Waals surface area contributed by atoms with E-state index in [9.17, 15) is 0 Å². The molecule has 0 bridgehead atoms. The molecule has 6 rings (SSSR count). The molecule has 0 spiro atoms. The van der Waals surface area contributed by atoms with Gasteiger partial charge >= 0.3 is 7.12 Å². The zero-order chi connectivity index (χ0) is 20.0. The van der Waals surface area contributed by atoms with Gasteiger partial charge in [0.25, 0.3) is 0 Å². The van der Waals surface area contributed by atoms with Crippen LogP contribution in [0.1, 0.15) is 27.7 Å². The summed E-state index contributed by atoms with van der Waals surface area (Å²) >= 11 is 0. The van der Waals surface area contributed by atoms with E-state index in [2.05, 4.69) is 94.4 Å². The highest BCUT2D eigenvalue weighted by molar-refractivity contribution is 6.66. The average molecular weight is 378 g/mol. The summed E-state index contributed by atoms with van der Waals surface area (Å²) in [6, 6.07) is 24.2. The maximum absolute atomic E-state index is 6.41. The van der Waals surface area contributed by atoms with Gasteiger partial charge in [0.05, 0.1) is 11.2 Å². The second-order valence-electron chi connectivity index (χ2n) is 9.23. The largest absolute Gasteiger partial charge is 0.495 e.